The number of H-pyrrole nitrogens is 1. The van der Waals surface area contributed by atoms with Gasteiger partial charge in [0, 0.05) is 12.3 Å². The molecule has 1 amide bonds. The first-order valence-electron chi connectivity index (χ1n) is 3.50. The van der Waals surface area contributed by atoms with Gasteiger partial charge < -0.3 is 10.3 Å². The molecule has 1 heterocycles. The van der Waals surface area contributed by atoms with E-state index < -0.39 is 24.7 Å². The van der Waals surface area contributed by atoms with Gasteiger partial charge in [-0.1, -0.05) is 0 Å². The second-order valence-electron chi connectivity index (χ2n) is 2.33. The van der Waals surface area contributed by atoms with Crippen molar-refractivity contribution in [1.29, 1.82) is 0 Å². The fraction of sp³-hybridized carbons (Fsp3) is 0.286. The number of nitrogens with one attached hydrogen (secondary N) is 2. The number of amides is 1. The van der Waals surface area contributed by atoms with Crippen molar-refractivity contribution in [2.45, 2.75) is 6.43 Å². The van der Waals surface area contributed by atoms with Gasteiger partial charge in [0.25, 0.3) is 12.3 Å². The van der Waals surface area contributed by atoms with E-state index in [0.29, 0.717) is 0 Å². The van der Waals surface area contributed by atoms with E-state index in [1.807, 2.05) is 5.32 Å². The summed E-state index contributed by atoms with van der Waals surface area (Å²) >= 11 is 0. The van der Waals surface area contributed by atoms with Crippen LogP contribution in [0.5, 0.6) is 0 Å². The zero-order valence-electron chi connectivity index (χ0n) is 6.48. The largest absolute Gasteiger partial charge is 0.355 e. The number of hydrogen-bond acceptors (Lipinski definition) is 1. The summed E-state index contributed by atoms with van der Waals surface area (Å²) in [6.45, 7) is -0.737. The summed E-state index contributed by atoms with van der Waals surface area (Å²) in [5.41, 5.74) is -0.0712. The molecule has 0 aliphatic heterocycles. The highest BCUT2D eigenvalue weighted by Gasteiger charge is 2.10. The average Bonchev–Trinajstić information content (AvgIpc) is 2.47. The highest BCUT2D eigenvalue weighted by atomic mass is 19.3. The molecule has 0 radical (unpaired) electrons. The van der Waals surface area contributed by atoms with Gasteiger partial charge in [0.05, 0.1) is 6.54 Å². The fourth-order valence-electron chi connectivity index (χ4n) is 0.764. The molecule has 0 aliphatic carbocycles. The van der Waals surface area contributed by atoms with Crippen LogP contribution in [-0.2, 0) is 0 Å². The van der Waals surface area contributed by atoms with Crippen molar-refractivity contribution in [3.8, 4) is 0 Å². The Kier molecular flexibility index (Phi) is 2.94. The SMILES string of the molecule is O=C(NCC(F)F)c1cc(F)c[nH]1. The Balaban J connectivity index is 2.49. The van der Waals surface area contributed by atoms with Crippen molar-refractivity contribution >= 4 is 5.91 Å². The monoisotopic (exact) mass is 192 g/mol. The summed E-state index contributed by atoms with van der Waals surface area (Å²) in [5, 5.41) is 1.92. The van der Waals surface area contributed by atoms with Crippen molar-refractivity contribution < 1.29 is 18.0 Å². The second kappa shape index (κ2) is 3.97. The molecule has 2 N–H and O–H groups in total. The molecule has 0 spiro atoms. The number of hydrogen-bond donors (Lipinski definition) is 2. The van der Waals surface area contributed by atoms with E-state index in [-0.39, 0.29) is 5.69 Å². The van der Waals surface area contributed by atoms with Gasteiger partial charge in [-0.05, 0) is 0 Å². The predicted octanol–water partition coefficient (Wildman–Crippen LogP) is 1.15. The zero-order chi connectivity index (χ0) is 9.84. The Bertz CT molecular complexity index is 298. The molecule has 0 aliphatic rings. The molecule has 0 aromatic carbocycles. The van der Waals surface area contributed by atoms with E-state index in [1.54, 1.807) is 0 Å². The lowest BCUT2D eigenvalue weighted by atomic mass is 10.4. The van der Waals surface area contributed by atoms with Crippen LogP contribution < -0.4 is 5.32 Å². The van der Waals surface area contributed by atoms with E-state index in [2.05, 4.69) is 4.98 Å². The van der Waals surface area contributed by atoms with E-state index in [4.69, 9.17) is 0 Å². The van der Waals surface area contributed by atoms with Crippen LogP contribution in [0.2, 0.25) is 0 Å². The Hall–Kier alpha value is -1.46. The normalized spacial score (nSPS) is 10.5. The molecule has 0 saturated heterocycles. The molecule has 0 atom stereocenters. The summed E-state index contributed by atoms with van der Waals surface area (Å²) in [6.07, 6.45) is -1.64. The third-order valence-electron chi connectivity index (χ3n) is 1.31. The number of carbonyl (C=O) groups is 1. The minimum atomic E-state index is -2.61. The number of carbonyl (C=O) groups excluding carboxylic acids is 1. The van der Waals surface area contributed by atoms with E-state index in [9.17, 15) is 18.0 Å². The molecule has 0 bridgehead atoms. The zero-order valence-corrected chi connectivity index (χ0v) is 6.48. The first-order valence-corrected chi connectivity index (χ1v) is 3.50. The molecule has 72 valence electrons. The molecule has 3 nitrogen and oxygen atoms in total. The summed E-state index contributed by atoms with van der Waals surface area (Å²) < 4.78 is 35.6. The molecule has 1 aromatic rings. The van der Waals surface area contributed by atoms with E-state index in [0.717, 1.165) is 12.3 Å². The Morgan fingerprint density at radius 1 is 1.62 bits per heavy atom. The average molecular weight is 192 g/mol. The molecule has 1 aromatic heterocycles. The van der Waals surface area contributed by atoms with Gasteiger partial charge in [-0.15, -0.1) is 0 Å². The quantitative estimate of drug-likeness (QED) is 0.741. The smallest absolute Gasteiger partial charge is 0.267 e. The van der Waals surface area contributed by atoms with Gasteiger partial charge >= 0.3 is 0 Å². The van der Waals surface area contributed by atoms with Crippen molar-refractivity contribution in [2.24, 2.45) is 0 Å². The molecule has 0 saturated carbocycles. The highest BCUT2D eigenvalue weighted by Crippen LogP contribution is 2.00. The van der Waals surface area contributed by atoms with Gasteiger partial charge in [0.1, 0.15) is 11.5 Å². The third kappa shape index (κ3) is 2.81. The predicted molar refractivity (Wildman–Crippen MR) is 39.1 cm³/mol. The second-order valence-corrected chi connectivity index (χ2v) is 2.33. The van der Waals surface area contributed by atoms with Crippen LogP contribution in [0.25, 0.3) is 0 Å². The standard InChI is InChI=1S/C7H7F3N2O/c8-4-1-5(11-2-4)7(13)12-3-6(9)10/h1-2,6,11H,3H2,(H,12,13). The van der Waals surface area contributed by atoms with Crippen LogP contribution in [-0.4, -0.2) is 23.9 Å². The van der Waals surface area contributed by atoms with Crippen LogP contribution in [0.15, 0.2) is 12.3 Å². The first kappa shape index (κ1) is 9.63. The molecule has 1 rings (SSSR count). The minimum Gasteiger partial charge on any atom is -0.355 e. The van der Waals surface area contributed by atoms with Crippen LogP contribution in [0.1, 0.15) is 10.5 Å². The van der Waals surface area contributed by atoms with Gasteiger partial charge in [-0.3, -0.25) is 4.79 Å². The molecule has 13 heavy (non-hydrogen) atoms. The molecular weight excluding hydrogens is 185 g/mol. The maximum Gasteiger partial charge on any atom is 0.267 e. The molecular formula is C7H7F3N2O. The van der Waals surface area contributed by atoms with Gasteiger partial charge in [0.15, 0.2) is 0 Å². The topological polar surface area (TPSA) is 44.9 Å². The Labute approximate surface area is 71.9 Å². The van der Waals surface area contributed by atoms with E-state index in [1.165, 1.54) is 0 Å². The minimum absolute atomic E-state index is 0.0712. The summed E-state index contributed by atoms with van der Waals surface area (Å²) in [7, 11) is 0. The van der Waals surface area contributed by atoms with Gasteiger partial charge in [-0.2, -0.15) is 0 Å². The van der Waals surface area contributed by atoms with Gasteiger partial charge in [0.2, 0.25) is 0 Å². The Morgan fingerprint density at radius 2 is 2.31 bits per heavy atom. The van der Waals surface area contributed by atoms with Crippen molar-refractivity contribution in [2.75, 3.05) is 6.54 Å². The first-order chi connectivity index (χ1) is 6.09. The van der Waals surface area contributed by atoms with Crippen molar-refractivity contribution in [1.82, 2.24) is 10.3 Å². The molecule has 6 heteroatoms. The summed E-state index contributed by atoms with van der Waals surface area (Å²) in [4.78, 5) is 13.2. The molecule has 0 fully saturated rings. The lowest BCUT2D eigenvalue weighted by Crippen LogP contribution is -2.28. The number of rotatable bonds is 3. The number of halogens is 3. The van der Waals surface area contributed by atoms with Crippen molar-refractivity contribution in [3.05, 3.63) is 23.8 Å². The van der Waals surface area contributed by atoms with Crippen LogP contribution in [0.4, 0.5) is 13.2 Å². The third-order valence-corrected chi connectivity index (χ3v) is 1.31. The highest BCUT2D eigenvalue weighted by molar-refractivity contribution is 5.92. The fourth-order valence-corrected chi connectivity index (χ4v) is 0.764. The lowest BCUT2D eigenvalue weighted by Gasteiger charge is -2.01. The van der Waals surface area contributed by atoms with Crippen molar-refractivity contribution in [3.63, 3.8) is 0 Å². The lowest BCUT2D eigenvalue weighted by molar-refractivity contribution is 0.0887. The van der Waals surface area contributed by atoms with Gasteiger partial charge in [-0.25, -0.2) is 13.2 Å². The number of alkyl halides is 2. The maximum absolute atomic E-state index is 12.3. The Morgan fingerprint density at radius 3 is 2.77 bits per heavy atom. The molecule has 0 unspecified atom stereocenters. The maximum atomic E-state index is 12.3. The van der Waals surface area contributed by atoms with E-state index >= 15 is 0 Å². The van der Waals surface area contributed by atoms with Crippen LogP contribution >= 0.6 is 0 Å². The summed E-state index contributed by atoms with van der Waals surface area (Å²) in [6, 6.07) is 0.931. The number of aromatic nitrogens is 1. The number of aromatic amines is 1. The van der Waals surface area contributed by atoms with Crippen LogP contribution in [0.3, 0.4) is 0 Å². The summed E-state index contributed by atoms with van der Waals surface area (Å²) in [5.74, 6) is -1.36. The van der Waals surface area contributed by atoms with Crippen LogP contribution in [0, 0.1) is 5.82 Å².